The second-order valence-electron chi connectivity index (χ2n) is 6.06. The first-order chi connectivity index (χ1) is 7.94. The standard InChI is InChI=1S/C16H24N.H2I/c1-12(2)10-11-17-13(3)16(4,5)14-8-6-7-9-15(14)17;/h6-9,12H,10-11H2,1-5H3;1H2/q2*+1. The first-order valence-electron chi connectivity index (χ1n) is 6.65. The predicted molar refractivity (Wildman–Crippen MR) is 77.2 cm³/mol. The Labute approximate surface area is 128 Å². The third kappa shape index (κ3) is 2.63. The molecule has 2 heteroatoms. The van der Waals surface area contributed by atoms with E-state index in [4.69, 9.17) is 0 Å². The Hall–Kier alpha value is -0.380. The third-order valence-corrected chi connectivity index (χ3v) is 4.11. The van der Waals surface area contributed by atoms with Gasteiger partial charge < -0.3 is 0 Å². The maximum atomic E-state index is 2.51. The molecule has 1 aromatic carbocycles. The molecular weight excluding hydrogens is 333 g/mol. The zero-order valence-electron chi connectivity index (χ0n) is 12.2. The van der Waals surface area contributed by atoms with Gasteiger partial charge in [0.25, 0.3) is 0 Å². The predicted octanol–water partition coefficient (Wildman–Crippen LogP) is 0.597. The number of nitrogens with zero attached hydrogens (tertiary/aromatic N) is 1. The van der Waals surface area contributed by atoms with Gasteiger partial charge >= 0.3 is 0 Å². The van der Waals surface area contributed by atoms with Crippen molar-refractivity contribution in [1.82, 2.24) is 0 Å². The molecule has 0 saturated heterocycles. The highest BCUT2D eigenvalue weighted by Gasteiger charge is 2.42. The average Bonchev–Trinajstić information content (AvgIpc) is 2.47. The van der Waals surface area contributed by atoms with Gasteiger partial charge in [-0.2, -0.15) is 4.58 Å². The van der Waals surface area contributed by atoms with Crippen molar-refractivity contribution in [2.24, 2.45) is 5.92 Å². The first-order valence-corrected chi connectivity index (χ1v) is 6.65. The normalized spacial score (nSPS) is 16.8. The van der Waals surface area contributed by atoms with Crippen molar-refractivity contribution < 1.29 is 28.6 Å². The number of fused-ring (bicyclic) bond motifs is 1. The van der Waals surface area contributed by atoms with E-state index in [1.807, 2.05) is 0 Å². The topological polar surface area (TPSA) is 3.01 Å². The number of para-hydroxylation sites is 1. The molecule has 18 heavy (non-hydrogen) atoms. The molecule has 0 spiro atoms. The number of benzene rings is 1. The van der Waals surface area contributed by atoms with Gasteiger partial charge in [0, 0.05) is 25.0 Å². The van der Waals surface area contributed by atoms with Crippen molar-refractivity contribution in [1.29, 1.82) is 0 Å². The zero-order valence-corrected chi connectivity index (χ0v) is 14.7. The smallest absolute Gasteiger partial charge is 0.199 e. The zero-order chi connectivity index (χ0) is 12.6. The highest BCUT2D eigenvalue weighted by molar-refractivity contribution is 5.93. The summed E-state index contributed by atoms with van der Waals surface area (Å²) in [7, 11) is 0. The van der Waals surface area contributed by atoms with E-state index in [-0.39, 0.29) is 29.4 Å². The highest BCUT2D eigenvalue weighted by Crippen LogP contribution is 2.39. The first kappa shape index (κ1) is 15.7. The minimum Gasteiger partial charge on any atom is -0.199 e. The van der Waals surface area contributed by atoms with Gasteiger partial charge in [0.2, 0.25) is 29.7 Å². The highest BCUT2D eigenvalue weighted by atomic mass is 127. The van der Waals surface area contributed by atoms with Crippen LogP contribution in [0.3, 0.4) is 0 Å². The molecule has 0 radical (unpaired) electrons. The van der Waals surface area contributed by atoms with Crippen LogP contribution in [0.5, 0.6) is 0 Å². The fourth-order valence-corrected chi connectivity index (χ4v) is 2.63. The van der Waals surface area contributed by atoms with E-state index in [2.05, 4.69) is 63.5 Å². The lowest BCUT2D eigenvalue weighted by atomic mass is 9.82. The summed E-state index contributed by atoms with van der Waals surface area (Å²) in [4.78, 5) is 0. The quantitative estimate of drug-likeness (QED) is 0.549. The number of rotatable bonds is 3. The van der Waals surface area contributed by atoms with Crippen molar-refractivity contribution in [3.8, 4) is 0 Å². The lowest BCUT2D eigenvalue weighted by Gasteiger charge is -2.14. The Kier molecular flexibility index (Phi) is 4.98. The second kappa shape index (κ2) is 5.72. The van der Waals surface area contributed by atoms with E-state index >= 15 is 0 Å². The van der Waals surface area contributed by atoms with Crippen LogP contribution in [-0.4, -0.2) is 16.8 Å². The average molecular weight is 359 g/mol. The molecule has 0 bridgehead atoms. The molecule has 1 heterocycles. The lowest BCUT2D eigenvalue weighted by molar-refractivity contribution is -0.440. The maximum absolute atomic E-state index is 2.51. The van der Waals surface area contributed by atoms with Gasteiger partial charge in [-0.05, 0) is 19.8 Å². The van der Waals surface area contributed by atoms with Crippen LogP contribution in [0.2, 0.25) is 0 Å². The van der Waals surface area contributed by atoms with E-state index in [1.54, 1.807) is 0 Å². The summed E-state index contributed by atoms with van der Waals surface area (Å²) in [6.45, 7) is 12.7. The Morgan fingerprint density at radius 1 is 1.17 bits per heavy atom. The van der Waals surface area contributed by atoms with Gasteiger partial charge in [-0.3, -0.25) is 0 Å². The molecule has 1 aliphatic heterocycles. The summed E-state index contributed by atoms with van der Waals surface area (Å²) in [5.41, 5.74) is 4.56. The monoisotopic (exact) mass is 359 g/mol. The van der Waals surface area contributed by atoms with Crippen molar-refractivity contribution in [2.45, 2.75) is 46.5 Å². The molecule has 0 amide bonds. The molecule has 0 N–H and O–H groups in total. The Morgan fingerprint density at radius 2 is 1.78 bits per heavy atom. The third-order valence-electron chi connectivity index (χ3n) is 4.11. The van der Waals surface area contributed by atoms with Crippen LogP contribution in [0.15, 0.2) is 24.3 Å². The lowest BCUT2D eigenvalue weighted by Crippen LogP contribution is -3.00. The molecule has 0 saturated carbocycles. The van der Waals surface area contributed by atoms with Crippen LogP contribution in [0.1, 0.15) is 46.6 Å². The van der Waals surface area contributed by atoms with Gasteiger partial charge in [0.05, 0.1) is 5.41 Å². The molecule has 1 aromatic rings. The van der Waals surface area contributed by atoms with Crippen molar-refractivity contribution >= 4 is 11.4 Å². The molecule has 1 nitrogen and oxygen atoms in total. The van der Waals surface area contributed by atoms with Crippen LogP contribution < -0.4 is 24.0 Å². The van der Waals surface area contributed by atoms with Crippen LogP contribution in [-0.2, 0) is 5.41 Å². The van der Waals surface area contributed by atoms with E-state index in [1.165, 1.54) is 23.4 Å². The van der Waals surface area contributed by atoms with Gasteiger partial charge in [0.15, 0.2) is 5.71 Å². The van der Waals surface area contributed by atoms with E-state index in [9.17, 15) is 0 Å². The van der Waals surface area contributed by atoms with Gasteiger partial charge in [-0.25, -0.2) is 0 Å². The van der Waals surface area contributed by atoms with Crippen LogP contribution in [0, 0.1) is 5.92 Å². The fourth-order valence-electron chi connectivity index (χ4n) is 2.63. The molecule has 2 rings (SSSR count). The molecule has 0 fully saturated rings. The molecule has 0 atom stereocenters. The molecule has 100 valence electrons. The van der Waals surface area contributed by atoms with E-state index < -0.39 is 0 Å². The van der Waals surface area contributed by atoms with Crippen LogP contribution in [0.25, 0.3) is 0 Å². The fraction of sp³-hybridized carbons (Fsp3) is 0.562. The van der Waals surface area contributed by atoms with E-state index in [0.29, 0.717) is 0 Å². The SMILES string of the molecule is CC1=[N+](CCC(C)C)c2ccccc2C1(C)C.[IH2+]. The van der Waals surface area contributed by atoms with Gasteiger partial charge in [-0.15, -0.1) is 0 Å². The summed E-state index contributed by atoms with van der Waals surface area (Å²) >= 11 is 0. The Morgan fingerprint density at radius 3 is 2.39 bits per heavy atom. The number of halogens is 1. The molecular formula is C16H26IN+2. The molecule has 1 aliphatic rings. The summed E-state index contributed by atoms with van der Waals surface area (Å²) in [6, 6.07) is 8.83. The van der Waals surface area contributed by atoms with E-state index in [0.717, 1.165) is 12.5 Å². The molecule has 0 aromatic heterocycles. The van der Waals surface area contributed by atoms with Gasteiger partial charge in [-0.1, -0.05) is 32.0 Å². The minimum absolute atomic E-state index is 0. The van der Waals surface area contributed by atoms with Crippen LogP contribution in [0.4, 0.5) is 5.69 Å². The number of hydrogen-bond donors (Lipinski definition) is 0. The Balaban J connectivity index is 0.00000162. The van der Waals surface area contributed by atoms with Gasteiger partial charge in [0.1, 0.15) is 6.54 Å². The Bertz CT molecular complexity index is 458. The van der Waals surface area contributed by atoms with Crippen molar-refractivity contribution in [2.75, 3.05) is 6.54 Å². The number of hydrogen-bond acceptors (Lipinski definition) is 0. The summed E-state index contributed by atoms with van der Waals surface area (Å²) in [5, 5.41) is 0. The summed E-state index contributed by atoms with van der Waals surface area (Å²) in [6.07, 6.45) is 1.25. The van der Waals surface area contributed by atoms with Crippen molar-refractivity contribution in [3.05, 3.63) is 29.8 Å². The summed E-state index contributed by atoms with van der Waals surface area (Å²) < 4.78 is 2.51. The van der Waals surface area contributed by atoms with Crippen molar-refractivity contribution in [3.63, 3.8) is 0 Å². The summed E-state index contributed by atoms with van der Waals surface area (Å²) in [5.74, 6) is 0.763. The molecule has 0 unspecified atom stereocenters. The molecule has 0 aliphatic carbocycles. The minimum atomic E-state index is 0. The van der Waals surface area contributed by atoms with Crippen LogP contribution >= 0.6 is 0 Å². The largest absolute Gasteiger partial charge is 0.235 e. The second-order valence-corrected chi connectivity index (χ2v) is 6.06. The maximum Gasteiger partial charge on any atom is 0.235 e.